The summed E-state index contributed by atoms with van der Waals surface area (Å²) in [4.78, 5) is 11.7. The summed E-state index contributed by atoms with van der Waals surface area (Å²) < 4.78 is 0. The largest absolute Gasteiger partial charge is 0.367 e. The third-order valence-corrected chi connectivity index (χ3v) is 4.92. The zero-order valence-electron chi connectivity index (χ0n) is 13.6. The van der Waals surface area contributed by atoms with Gasteiger partial charge in [0.1, 0.15) is 11.6 Å². The lowest BCUT2D eigenvalue weighted by Crippen LogP contribution is -2.22. The van der Waals surface area contributed by atoms with Gasteiger partial charge in [-0.15, -0.1) is 0 Å². The van der Waals surface area contributed by atoms with E-state index in [1.54, 1.807) is 11.3 Å². The molecular weight excluding hydrogens is 292 g/mol. The van der Waals surface area contributed by atoms with E-state index in [2.05, 4.69) is 51.0 Å². The summed E-state index contributed by atoms with van der Waals surface area (Å²) in [5, 5.41) is 7.99. The number of nitrogens with one attached hydrogen (secondary N) is 1. The molecule has 2 aromatic heterocycles. The van der Waals surface area contributed by atoms with E-state index in [1.165, 1.54) is 16.8 Å². The maximum atomic E-state index is 4.68. The highest BCUT2D eigenvalue weighted by molar-refractivity contribution is 7.07. The molecule has 0 aliphatic carbocycles. The van der Waals surface area contributed by atoms with Crippen LogP contribution in [0.15, 0.2) is 16.8 Å². The monoisotopic (exact) mass is 316 g/mol. The molecule has 2 aromatic rings. The van der Waals surface area contributed by atoms with Gasteiger partial charge in [0.05, 0.1) is 5.69 Å². The van der Waals surface area contributed by atoms with Crippen molar-refractivity contribution in [1.82, 2.24) is 14.9 Å². The summed E-state index contributed by atoms with van der Waals surface area (Å²) in [5.41, 5.74) is 3.93. The SMILES string of the molecule is Cc1nc2c(c(NC(C)Cc3ccsc3)n1)CCN(C)CC2. The normalized spacial score (nSPS) is 16.9. The lowest BCUT2D eigenvalue weighted by atomic mass is 10.1. The fourth-order valence-corrected chi connectivity index (χ4v) is 3.68. The van der Waals surface area contributed by atoms with Crippen LogP contribution in [0, 0.1) is 6.92 Å². The second-order valence-electron chi connectivity index (χ2n) is 6.23. The number of likely N-dealkylation sites (N-methyl/N-ethyl adjacent to an activating group) is 1. The first-order valence-corrected chi connectivity index (χ1v) is 8.88. The average Bonchev–Trinajstić information content (AvgIpc) is 2.89. The standard InChI is InChI=1S/C17H24N4S/c1-12(10-14-6-9-22-11-14)18-17-15-4-7-21(3)8-5-16(15)19-13(2)20-17/h6,9,11-12H,4-5,7-8,10H2,1-3H3,(H,18,19,20). The van der Waals surface area contributed by atoms with Crippen molar-refractivity contribution in [2.24, 2.45) is 0 Å². The Hall–Kier alpha value is -1.46. The molecule has 0 amide bonds. The van der Waals surface area contributed by atoms with E-state index < -0.39 is 0 Å². The van der Waals surface area contributed by atoms with Gasteiger partial charge in [-0.2, -0.15) is 11.3 Å². The molecule has 0 saturated heterocycles. The number of hydrogen-bond acceptors (Lipinski definition) is 5. The first-order chi connectivity index (χ1) is 10.6. The van der Waals surface area contributed by atoms with E-state index in [-0.39, 0.29) is 0 Å². The van der Waals surface area contributed by atoms with Gasteiger partial charge in [-0.05, 0) is 56.1 Å². The number of rotatable bonds is 4. The summed E-state index contributed by atoms with van der Waals surface area (Å²) >= 11 is 1.76. The van der Waals surface area contributed by atoms with Gasteiger partial charge in [-0.25, -0.2) is 9.97 Å². The van der Waals surface area contributed by atoms with Crippen molar-refractivity contribution in [3.8, 4) is 0 Å². The highest BCUT2D eigenvalue weighted by atomic mass is 32.1. The average molecular weight is 316 g/mol. The molecule has 118 valence electrons. The van der Waals surface area contributed by atoms with Gasteiger partial charge in [-0.3, -0.25) is 0 Å². The zero-order valence-corrected chi connectivity index (χ0v) is 14.4. The second kappa shape index (κ2) is 6.75. The van der Waals surface area contributed by atoms with Crippen molar-refractivity contribution in [2.75, 3.05) is 25.5 Å². The molecule has 3 rings (SSSR count). The van der Waals surface area contributed by atoms with Gasteiger partial charge in [0.25, 0.3) is 0 Å². The van der Waals surface area contributed by atoms with Gasteiger partial charge in [0.2, 0.25) is 0 Å². The Balaban J connectivity index is 1.79. The van der Waals surface area contributed by atoms with Crippen LogP contribution in [0.2, 0.25) is 0 Å². The van der Waals surface area contributed by atoms with Gasteiger partial charge in [0.15, 0.2) is 0 Å². The Kier molecular flexibility index (Phi) is 4.74. The second-order valence-corrected chi connectivity index (χ2v) is 7.01. The maximum absolute atomic E-state index is 4.68. The predicted octanol–water partition coefficient (Wildman–Crippen LogP) is 2.92. The minimum absolute atomic E-state index is 0.369. The number of fused-ring (bicyclic) bond motifs is 1. The summed E-state index contributed by atoms with van der Waals surface area (Å²) in [5.74, 6) is 1.91. The third-order valence-electron chi connectivity index (χ3n) is 4.18. The van der Waals surface area contributed by atoms with Gasteiger partial charge in [0, 0.05) is 31.1 Å². The summed E-state index contributed by atoms with van der Waals surface area (Å²) in [6, 6.07) is 2.57. The summed E-state index contributed by atoms with van der Waals surface area (Å²) in [6.45, 7) is 6.37. The highest BCUT2D eigenvalue weighted by Crippen LogP contribution is 2.22. The topological polar surface area (TPSA) is 41.1 Å². The molecule has 5 heteroatoms. The lowest BCUT2D eigenvalue weighted by molar-refractivity contribution is 0.352. The molecule has 0 aromatic carbocycles. The minimum atomic E-state index is 0.369. The van der Waals surface area contributed by atoms with Crippen LogP contribution < -0.4 is 5.32 Å². The van der Waals surface area contributed by atoms with Crippen molar-refractivity contribution in [3.63, 3.8) is 0 Å². The van der Waals surface area contributed by atoms with E-state index in [1.807, 2.05) is 6.92 Å². The molecule has 0 spiro atoms. The van der Waals surface area contributed by atoms with Crippen LogP contribution in [0.4, 0.5) is 5.82 Å². The molecule has 3 heterocycles. The van der Waals surface area contributed by atoms with Crippen molar-refractivity contribution in [2.45, 2.75) is 39.2 Å². The Labute approximate surface area is 136 Å². The van der Waals surface area contributed by atoms with E-state index in [0.29, 0.717) is 6.04 Å². The smallest absolute Gasteiger partial charge is 0.133 e. The fraction of sp³-hybridized carbons (Fsp3) is 0.529. The van der Waals surface area contributed by atoms with E-state index >= 15 is 0 Å². The molecule has 0 bridgehead atoms. The molecule has 0 radical (unpaired) electrons. The molecule has 0 saturated carbocycles. The number of nitrogens with zero attached hydrogens (tertiary/aromatic N) is 3. The van der Waals surface area contributed by atoms with Crippen LogP contribution in [-0.4, -0.2) is 41.0 Å². The van der Waals surface area contributed by atoms with Crippen molar-refractivity contribution < 1.29 is 0 Å². The number of anilines is 1. The van der Waals surface area contributed by atoms with Gasteiger partial charge < -0.3 is 10.2 Å². The van der Waals surface area contributed by atoms with Gasteiger partial charge >= 0.3 is 0 Å². The summed E-state index contributed by atoms with van der Waals surface area (Å²) in [6.07, 6.45) is 3.07. The zero-order chi connectivity index (χ0) is 15.5. The number of aryl methyl sites for hydroxylation is 1. The maximum Gasteiger partial charge on any atom is 0.133 e. The highest BCUT2D eigenvalue weighted by Gasteiger charge is 2.18. The van der Waals surface area contributed by atoms with Crippen LogP contribution >= 0.6 is 11.3 Å². The molecule has 1 atom stereocenters. The molecule has 1 aliphatic heterocycles. The van der Waals surface area contributed by atoms with Crippen molar-refractivity contribution >= 4 is 17.2 Å². The van der Waals surface area contributed by atoms with E-state index in [4.69, 9.17) is 0 Å². The molecule has 0 fully saturated rings. The molecular formula is C17H24N4S. The molecule has 4 nitrogen and oxygen atoms in total. The van der Waals surface area contributed by atoms with Crippen LogP contribution in [0.5, 0.6) is 0 Å². The molecule has 22 heavy (non-hydrogen) atoms. The Morgan fingerprint density at radius 1 is 1.32 bits per heavy atom. The quantitative estimate of drug-likeness (QED) is 0.941. The van der Waals surface area contributed by atoms with Crippen LogP contribution in [0.3, 0.4) is 0 Å². The lowest BCUT2D eigenvalue weighted by Gasteiger charge is -2.18. The van der Waals surface area contributed by atoms with E-state index in [9.17, 15) is 0 Å². The molecule has 1 N–H and O–H groups in total. The summed E-state index contributed by atoms with van der Waals surface area (Å²) in [7, 11) is 2.18. The minimum Gasteiger partial charge on any atom is -0.367 e. The molecule has 1 unspecified atom stereocenters. The predicted molar refractivity (Wildman–Crippen MR) is 92.8 cm³/mol. The van der Waals surface area contributed by atoms with Crippen molar-refractivity contribution in [3.05, 3.63) is 39.5 Å². The first-order valence-electron chi connectivity index (χ1n) is 7.94. The third kappa shape index (κ3) is 3.65. The van der Waals surface area contributed by atoms with Gasteiger partial charge in [-0.1, -0.05) is 0 Å². The van der Waals surface area contributed by atoms with Crippen molar-refractivity contribution in [1.29, 1.82) is 0 Å². The van der Waals surface area contributed by atoms with Crippen LogP contribution in [0.1, 0.15) is 29.6 Å². The van der Waals surface area contributed by atoms with E-state index in [0.717, 1.165) is 44.0 Å². The fourth-order valence-electron chi connectivity index (χ4n) is 3.00. The first kappa shape index (κ1) is 15.4. The molecule has 1 aliphatic rings. The van der Waals surface area contributed by atoms with Crippen LogP contribution in [-0.2, 0) is 19.3 Å². The number of hydrogen-bond donors (Lipinski definition) is 1. The van der Waals surface area contributed by atoms with Crippen LogP contribution in [0.25, 0.3) is 0 Å². The number of aromatic nitrogens is 2. The Morgan fingerprint density at radius 3 is 2.91 bits per heavy atom. The number of thiophene rings is 1. The Morgan fingerprint density at radius 2 is 2.14 bits per heavy atom. The Bertz CT molecular complexity index is 624.